The van der Waals surface area contributed by atoms with Crippen molar-refractivity contribution in [2.45, 2.75) is 78.6 Å². The Hall–Kier alpha value is -8.11. The van der Waals surface area contributed by atoms with E-state index in [1.807, 2.05) is 42.5 Å². The van der Waals surface area contributed by atoms with E-state index in [0.717, 1.165) is 66.1 Å². The van der Waals surface area contributed by atoms with Gasteiger partial charge in [-0.25, -0.2) is 4.98 Å². The Morgan fingerprint density at radius 3 is 1.95 bits per heavy atom. The predicted octanol–water partition coefficient (Wildman–Crippen LogP) is 19.4. The molecule has 6 heteroatoms. The molecule has 0 aliphatic carbocycles. The van der Waals surface area contributed by atoms with Gasteiger partial charge in [0.25, 0.3) is 0 Å². The first-order chi connectivity index (χ1) is 41.2. The van der Waals surface area contributed by atoms with Crippen LogP contribution in [0.3, 0.4) is 0 Å². The van der Waals surface area contributed by atoms with E-state index in [1.165, 1.54) is 5.56 Å². The molecular formula is C72H61N4OPt-3. The molecule has 78 heavy (non-hydrogen) atoms. The molecule has 10 bridgehead atoms. The first-order valence-corrected chi connectivity index (χ1v) is 26.0. The van der Waals surface area contributed by atoms with Crippen molar-refractivity contribution in [3.8, 4) is 33.6 Å². The molecule has 13 rings (SSSR count). The van der Waals surface area contributed by atoms with Crippen LogP contribution in [0.1, 0.15) is 92.7 Å². The Balaban J connectivity index is 0.00000754. The van der Waals surface area contributed by atoms with Gasteiger partial charge in [-0.05, 0) is 119 Å². The van der Waals surface area contributed by atoms with Gasteiger partial charge in [0.15, 0.2) is 0 Å². The van der Waals surface area contributed by atoms with Crippen LogP contribution in [0, 0.1) is 12.1 Å². The summed E-state index contributed by atoms with van der Waals surface area (Å²) in [6.45, 7) is 19.2. The molecule has 0 saturated heterocycles. The number of benzene rings is 9. The van der Waals surface area contributed by atoms with Crippen molar-refractivity contribution in [2.75, 3.05) is 0 Å². The van der Waals surface area contributed by atoms with Gasteiger partial charge >= 0.3 is 0 Å². The first kappa shape index (κ1) is 40.1. The summed E-state index contributed by atoms with van der Waals surface area (Å²) in [6.07, 6.45) is 2.10. The summed E-state index contributed by atoms with van der Waals surface area (Å²) in [5, 5.41) is 4.55. The number of hydrogen-bond acceptors (Lipinski definition) is 2. The maximum Gasteiger partial charge on any atom is 0.136 e. The molecule has 4 heterocycles. The fourth-order valence-electron chi connectivity index (χ4n) is 10.5. The molecule has 0 spiro atoms. The van der Waals surface area contributed by atoms with Crippen LogP contribution in [0.5, 0.6) is 0 Å². The molecule has 0 radical (unpaired) electrons. The molecule has 3 aromatic heterocycles. The summed E-state index contributed by atoms with van der Waals surface area (Å²) in [7, 11) is 0. The quantitative estimate of drug-likeness (QED) is 0.162. The third-order valence-electron chi connectivity index (χ3n) is 14.7. The van der Waals surface area contributed by atoms with E-state index in [-0.39, 0.29) is 70.7 Å². The van der Waals surface area contributed by atoms with Crippen LogP contribution in [-0.4, -0.2) is 18.5 Å². The van der Waals surface area contributed by atoms with Crippen molar-refractivity contribution in [1.82, 2.24) is 18.5 Å². The summed E-state index contributed by atoms with van der Waals surface area (Å²) in [5.41, 5.74) is 7.46. The molecule has 1 aliphatic rings. The van der Waals surface area contributed by atoms with Gasteiger partial charge in [-0.1, -0.05) is 219 Å². The van der Waals surface area contributed by atoms with Crippen LogP contribution in [-0.2, 0) is 37.3 Å². The maximum absolute atomic E-state index is 10.0. The van der Waals surface area contributed by atoms with Crippen molar-refractivity contribution in [3.05, 3.63) is 235 Å². The second-order valence-corrected chi connectivity index (χ2v) is 23.1. The number of nitrogens with zero attached hydrogens (tertiary/aromatic N) is 4. The minimum Gasteiger partial charge on any atom is -0.510 e. The zero-order chi connectivity index (χ0) is 61.7. The van der Waals surface area contributed by atoms with Crippen molar-refractivity contribution in [3.63, 3.8) is 0 Å². The fraction of sp³-hybridized carbons (Fsp3) is 0.167. The number of hydrogen-bond donors (Lipinski definition) is 0. The van der Waals surface area contributed by atoms with Gasteiger partial charge in [-0.3, -0.25) is 0 Å². The largest absolute Gasteiger partial charge is 0.510 e. The molecule has 0 amide bonds. The van der Waals surface area contributed by atoms with Gasteiger partial charge in [0.05, 0.1) is 16.5 Å². The summed E-state index contributed by atoms with van der Waals surface area (Å²) in [4.78, 5) is 5.42. The Morgan fingerprint density at radius 2 is 1.18 bits per heavy atom. The molecule has 0 N–H and O–H groups in total. The van der Waals surface area contributed by atoms with Gasteiger partial charge in [0.2, 0.25) is 0 Å². The summed E-state index contributed by atoms with van der Waals surface area (Å²) in [6, 6.07) is 49.5. The Labute approximate surface area is 484 Å². The summed E-state index contributed by atoms with van der Waals surface area (Å²) < 4.78 is 106. The summed E-state index contributed by atoms with van der Waals surface area (Å²) in [5.74, 6) is 0. The van der Waals surface area contributed by atoms with E-state index in [9.17, 15) is 6.85 Å². The molecular weight excluding hydrogens is 1130 g/mol. The predicted molar refractivity (Wildman–Crippen MR) is 324 cm³/mol. The molecule has 0 saturated carbocycles. The van der Waals surface area contributed by atoms with E-state index in [2.05, 4.69) is 187 Å². The number of imidazole rings is 1. The normalized spacial score (nSPS) is 14.1. The van der Waals surface area contributed by atoms with E-state index < -0.39 is 76.8 Å². The van der Waals surface area contributed by atoms with Gasteiger partial charge < -0.3 is 18.0 Å². The average molecular weight is 1200 g/mol. The van der Waals surface area contributed by atoms with Crippen LogP contribution in [0.4, 0.5) is 0 Å². The van der Waals surface area contributed by atoms with Gasteiger partial charge in [-0.2, -0.15) is 23.7 Å². The second-order valence-electron chi connectivity index (χ2n) is 23.1. The van der Waals surface area contributed by atoms with Crippen molar-refractivity contribution < 1.29 is 39.2 Å². The van der Waals surface area contributed by atoms with E-state index >= 15 is 0 Å². The number of aromatic nitrogens is 4. The Kier molecular flexibility index (Phi) is 9.84. The molecule has 388 valence electrons. The van der Waals surface area contributed by atoms with Crippen molar-refractivity contribution in [2.24, 2.45) is 0 Å². The number of para-hydroxylation sites is 3. The minimum absolute atomic E-state index is 0. The third kappa shape index (κ3) is 8.98. The van der Waals surface area contributed by atoms with E-state index in [1.54, 1.807) is 4.40 Å². The van der Waals surface area contributed by atoms with Crippen molar-refractivity contribution >= 4 is 82.1 Å². The van der Waals surface area contributed by atoms with E-state index in [4.69, 9.17) is 16.3 Å². The second kappa shape index (κ2) is 19.1. The molecule has 12 aromatic rings. The third-order valence-corrected chi connectivity index (χ3v) is 14.7. The van der Waals surface area contributed by atoms with E-state index in [0.29, 0.717) is 11.0 Å². The molecule has 0 fully saturated rings. The molecule has 0 atom stereocenters. The minimum atomic E-state index is -0.666. The van der Waals surface area contributed by atoms with Crippen LogP contribution in [0.2, 0.25) is 0 Å². The zero-order valence-corrected chi connectivity index (χ0v) is 47.1. The molecule has 1 aliphatic heterocycles. The van der Waals surface area contributed by atoms with Crippen LogP contribution < -0.4 is 0 Å². The number of pyridine rings is 1. The monoisotopic (exact) mass is 1200 g/mol. The topological polar surface area (TPSA) is 40.3 Å². The number of fused-ring (bicyclic) bond motifs is 23. The Morgan fingerprint density at radius 1 is 0.500 bits per heavy atom. The standard InChI is InChI=1S/C72H61N4O.Pt/c1-70(2,3)51-25-18-23-49(37-51)58-28-19-29-61-59-27-14-13-26-57(59)48-22-17-24-50(36-48)63-41-53(72(7,8)9)42-68(73-63)76-64-35-32-47(46-20-11-10-12-21-46)38-62(64)60-34-33-55(44-67(60)76)77-56-40-52(71(4,5)6)39-54(43-56)74-45-75(69(58)61)66-31-16-15-30-65(66)74;/h10-42,45H,1-9H3;/q-3;/i10D,11D,12D,20D,21D,32D,33D,34D,35D,38D;. The Bertz CT molecular complexity index is 5230. The van der Waals surface area contributed by atoms with Gasteiger partial charge in [0, 0.05) is 50.8 Å². The average Bonchev–Trinajstić information content (AvgIpc) is 1.53. The summed E-state index contributed by atoms with van der Waals surface area (Å²) >= 11 is 0. The van der Waals surface area contributed by atoms with Crippen LogP contribution in [0.25, 0.3) is 116 Å². The number of rotatable bonds is 2. The first-order valence-electron chi connectivity index (χ1n) is 31.0. The van der Waals surface area contributed by atoms with Crippen LogP contribution >= 0.6 is 0 Å². The molecule has 9 aromatic carbocycles. The fourth-order valence-corrected chi connectivity index (χ4v) is 10.5. The molecule has 0 unspecified atom stereocenters. The maximum atomic E-state index is 10.0. The van der Waals surface area contributed by atoms with Gasteiger partial charge in [0.1, 0.15) is 5.65 Å². The zero-order valence-electron chi connectivity index (χ0n) is 54.9. The SMILES string of the molecule is [2H]c1c([2H])c([2H])c(-c2c([2H])c([2H])c3c(c2[2H])c2c([2H])c([2H])c4[c-]c2n3c2cc(C(C)(C)C)cc(n2)c2cccc(c2)c2ccccc2c2cccc(-c3cccc(C(C)(C)C)c3)c2n2[cH-]n(c3[c-]c(cc(C(C)(C)C)c3)o4)-c3ccccc3-2)c([2H])c1[2H].[Pt]. The smallest absolute Gasteiger partial charge is 0.136 e. The van der Waals surface area contributed by atoms with Crippen LogP contribution in [0.15, 0.2) is 211 Å². The van der Waals surface area contributed by atoms with Crippen molar-refractivity contribution in [1.29, 1.82) is 0 Å². The van der Waals surface area contributed by atoms with Gasteiger partial charge in [-0.15, -0.1) is 29.1 Å². The molecule has 5 nitrogen and oxygen atoms in total.